The van der Waals surface area contributed by atoms with Crippen molar-refractivity contribution < 1.29 is 24.4 Å². The fourth-order valence-corrected chi connectivity index (χ4v) is 4.96. The first kappa shape index (κ1) is 21.1. The van der Waals surface area contributed by atoms with Gasteiger partial charge in [0.05, 0.1) is 48.1 Å². The van der Waals surface area contributed by atoms with Crippen LogP contribution < -0.4 is 9.64 Å². The number of nitrogens with zero attached hydrogens (tertiary/aromatic N) is 5. The number of H-pyrrole nitrogens is 1. The maximum Gasteiger partial charge on any atom is 0.296 e. The van der Waals surface area contributed by atoms with Gasteiger partial charge in [0.2, 0.25) is 0 Å². The van der Waals surface area contributed by atoms with Crippen molar-refractivity contribution in [3.8, 4) is 6.01 Å². The highest BCUT2D eigenvalue weighted by atomic mass is 35.5. The first-order chi connectivity index (χ1) is 15.7. The van der Waals surface area contributed by atoms with Crippen molar-refractivity contribution >= 4 is 28.6 Å². The lowest BCUT2D eigenvalue weighted by Gasteiger charge is -2.19. The molecule has 2 fully saturated rings. The number of pyridine rings is 1. The number of ether oxygens (including phenoxy) is 3. The molecule has 0 saturated carbocycles. The molecule has 0 bridgehead atoms. The number of imidazole rings is 1. The minimum Gasteiger partial charge on any atom is -0.456 e. The minimum atomic E-state index is -0.829. The molecule has 4 atom stereocenters. The predicted molar refractivity (Wildman–Crippen MR) is 117 cm³/mol. The molecule has 4 unspecified atom stereocenters. The molecule has 176 valence electrons. The van der Waals surface area contributed by atoms with Crippen LogP contribution in [0.4, 0.5) is 5.82 Å². The molecule has 0 amide bonds. The lowest BCUT2D eigenvalue weighted by atomic mass is 10.1. The van der Waals surface area contributed by atoms with Gasteiger partial charge in [-0.25, -0.2) is 4.98 Å². The first-order valence-corrected chi connectivity index (χ1v) is 11.3. The summed E-state index contributed by atoms with van der Waals surface area (Å²) in [6.45, 7) is 5.70. The fraction of sp³-hybridized carbons (Fsp3) is 0.571. The van der Waals surface area contributed by atoms with E-state index < -0.39 is 11.7 Å². The highest BCUT2D eigenvalue weighted by Gasteiger charge is 2.48. The van der Waals surface area contributed by atoms with E-state index in [1.54, 1.807) is 24.6 Å². The van der Waals surface area contributed by atoms with Gasteiger partial charge in [0.1, 0.15) is 18.3 Å². The van der Waals surface area contributed by atoms with Crippen LogP contribution in [0.1, 0.15) is 25.1 Å². The van der Waals surface area contributed by atoms with Crippen molar-refractivity contribution in [1.29, 1.82) is 0 Å². The molecule has 0 aromatic carbocycles. The van der Waals surface area contributed by atoms with Crippen LogP contribution in [-0.2, 0) is 29.1 Å². The number of aromatic nitrogens is 5. The van der Waals surface area contributed by atoms with E-state index in [1.165, 1.54) is 0 Å². The largest absolute Gasteiger partial charge is 0.456 e. The third kappa shape index (κ3) is 3.83. The Morgan fingerprint density at radius 2 is 2.06 bits per heavy atom. The Balaban J connectivity index is 1.19. The standard InChI is InChI=1S/C21H25ClN6O5/c1-21(2,30)9-28-5-10-4-27(6-13(10)26-28)19-11(22)3-12-18(24-19)25-20(23-12)33-15-8-32-16-14(29)7-31-17(15)16/h3,5,14-17,29-30H,4,6-9H2,1-2H3,(H,23,24,25). The van der Waals surface area contributed by atoms with Gasteiger partial charge in [-0.3, -0.25) is 4.68 Å². The molecule has 0 radical (unpaired) electrons. The molecule has 6 heterocycles. The van der Waals surface area contributed by atoms with Crippen LogP contribution in [0.2, 0.25) is 5.02 Å². The summed E-state index contributed by atoms with van der Waals surface area (Å²) in [5.41, 5.74) is 2.35. The van der Waals surface area contributed by atoms with E-state index in [0.29, 0.717) is 54.3 Å². The Kier molecular flexibility index (Phi) is 4.82. The van der Waals surface area contributed by atoms with E-state index in [1.807, 2.05) is 11.1 Å². The van der Waals surface area contributed by atoms with Crippen molar-refractivity contribution in [3.63, 3.8) is 0 Å². The van der Waals surface area contributed by atoms with Gasteiger partial charge in [-0.15, -0.1) is 0 Å². The van der Waals surface area contributed by atoms with Gasteiger partial charge in [-0.1, -0.05) is 11.6 Å². The normalized spacial score (nSPS) is 26.9. The van der Waals surface area contributed by atoms with Gasteiger partial charge in [0.15, 0.2) is 17.6 Å². The number of hydrogen-bond donors (Lipinski definition) is 3. The quantitative estimate of drug-likeness (QED) is 0.493. The number of aromatic amines is 1. The number of aliphatic hydroxyl groups is 2. The zero-order valence-corrected chi connectivity index (χ0v) is 19.0. The Labute approximate surface area is 194 Å². The van der Waals surface area contributed by atoms with Gasteiger partial charge in [-0.2, -0.15) is 10.1 Å². The molecule has 2 saturated heterocycles. The molecule has 12 heteroatoms. The Bertz CT molecular complexity index is 1180. The van der Waals surface area contributed by atoms with Crippen LogP contribution in [0, 0.1) is 0 Å². The fourth-order valence-electron chi connectivity index (χ4n) is 4.69. The number of rotatable bonds is 5. The minimum absolute atomic E-state index is 0.239. The van der Waals surface area contributed by atoms with Crippen LogP contribution in [0.3, 0.4) is 0 Å². The van der Waals surface area contributed by atoms with E-state index >= 15 is 0 Å². The topological polar surface area (TPSA) is 131 Å². The molecular weight excluding hydrogens is 452 g/mol. The molecule has 3 aromatic rings. The molecule has 6 rings (SSSR count). The highest BCUT2D eigenvalue weighted by molar-refractivity contribution is 6.33. The summed E-state index contributed by atoms with van der Waals surface area (Å²) in [4.78, 5) is 14.3. The Morgan fingerprint density at radius 3 is 2.85 bits per heavy atom. The number of aliphatic hydroxyl groups excluding tert-OH is 1. The van der Waals surface area contributed by atoms with Crippen molar-refractivity contribution in [2.45, 2.75) is 63.5 Å². The van der Waals surface area contributed by atoms with Crippen molar-refractivity contribution in [2.24, 2.45) is 0 Å². The summed E-state index contributed by atoms with van der Waals surface area (Å²) >= 11 is 6.56. The number of fused-ring (bicyclic) bond motifs is 3. The van der Waals surface area contributed by atoms with Gasteiger partial charge in [-0.05, 0) is 19.9 Å². The monoisotopic (exact) mass is 476 g/mol. The third-order valence-corrected chi connectivity index (χ3v) is 6.38. The summed E-state index contributed by atoms with van der Waals surface area (Å²) in [5.74, 6) is 0.626. The second-order valence-electron chi connectivity index (χ2n) is 9.49. The van der Waals surface area contributed by atoms with Gasteiger partial charge in [0.25, 0.3) is 6.01 Å². The highest BCUT2D eigenvalue weighted by Crippen LogP contribution is 2.34. The zero-order valence-electron chi connectivity index (χ0n) is 18.2. The van der Waals surface area contributed by atoms with E-state index in [0.717, 1.165) is 11.3 Å². The molecule has 3 aliphatic rings. The van der Waals surface area contributed by atoms with Crippen LogP contribution in [-0.4, -0.2) is 78.2 Å². The molecule has 0 aliphatic carbocycles. The van der Waals surface area contributed by atoms with E-state index in [4.69, 9.17) is 25.8 Å². The molecule has 0 spiro atoms. The van der Waals surface area contributed by atoms with Crippen LogP contribution in [0.25, 0.3) is 11.2 Å². The second-order valence-corrected chi connectivity index (χ2v) is 9.90. The number of halogens is 1. The average Bonchev–Trinajstić information content (AvgIpc) is 3.49. The van der Waals surface area contributed by atoms with Crippen LogP contribution >= 0.6 is 11.6 Å². The lowest BCUT2D eigenvalue weighted by molar-refractivity contribution is 0.00706. The summed E-state index contributed by atoms with van der Waals surface area (Å²) in [5, 5.41) is 25.0. The summed E-state index contributed by atoms with van der Waals surface area (Å²) < 4.78 is 19.0. The summed E-state index contributed by atoms with van der Waals surface area (Å²) in [6, 6.07) is 2.09. The summed E-state index contributed by atoms with van der Waals surface area (Å²) in [6.07, 6.45) is 0.264. The molecule has 3 N–H and O–H groups in total. The van der Waals surface area contributed by atoms with Crippen LogP contribution in [0.15, 0.2) is 12.3 Å². The maximum atomic E-state index is 10.0. The lowest BCUT2D eigenvalue weighted by Crippen LogP contribution is -2.34. The number of nitrogens with one attached hydrogen (secondary N) is 1. The smallest absolute Gasteiger partial charge is 0.296 e. The molecule has 3 aliphatic heterocycles. The van der Waals surface area contributed by atoms with Gasteiger partial charge >= 0.3 is 0 Å². The Morgan fingerprint density at radius 1 is 1.24 bits per heavy atom. The van der Waals surface area contributed by atoms with Gasteiger partial charge < -0.3 is 34.3 Å². The molecule has 3 aromatic heterocycles. The average molecular weight is 477 g/mol. The second kappa shape index (κ2) is 7.54. The van der Waals surface area contributed by atoms with Crippen molar-refractivity contribution in [3.05, 3.63) is 28.5 Å². The predicted octanol–water partition coefficient (Wildman–Crippen LogP) is 1.00. The van der Waals surface area contributed by atoms with E-state index in [-0.39, 0.29) is 24.9 Å². The molecule has 11 nitrogen and oxygen atoms in total. The molecular formula is C21H25ClN6O5. The van der Waals surface area contributed by atoms with Crippen molar-refractivity contribution in [2.75, 3.05) is 18.1 Å². The van der Waals surface area contributed by atoms with Crippen LogP contribution in [0.5, 0.6) is 6.01 Å². The van der Waals surface area contributed by atoms with Crippen molar-refractivity contribution in [1.82, 2.24) is 24.7 Å². The first-order valence-electron chi connectivity index (χ1n) is 10.9. The van der Waals surface area contributed by atoms with E-state index in [9.17, 15) is 10.2 Å². The zero-order chi connectivity index (χ0) is 22.9. The number of anilines is 1. The molecule has 33 heavy (non-hydrogen) atoms. The van der Waals surface area contributed by atoms with E-state index in [2.05, 4.69) is 20.1 Å². The number of hydrogen-bond acceptors (Lipinski definition) is 9. The maximum absolute atomic E-state index is 10.0. The SMILES string of the molecule is CC(C)(O)Cn1cc2c(n1)CN(c1nc3nc(OC4COC5C(O)COC45)[nH]c3cc1Cl)C2. The van der Waals surface area contributed by atoms with Gasteiger partial charge in [0, 0.05) is 18.3 Å². The Hall–Kier alpha value is -2.44. The summed E-state index contributed by atoms with van der Waals surface area (Å²) in [7, 11) is 0. The third-order valence-electron chi connectivity index (χ3n) is 6.11.